The smallest absolute Gasteiger partial charge is 0.228 e. The molecule has 0 aromatic heterocycles. The Bertz CT molecular complexity index is 720. The van der Waals surface area contributed by atoms with Gasteiger partial charge in [-0.3, -0.25) is 9.59 Å². The van der Waals surface area contributed by atoms with Gasteiger partial charge in [0, 0.05) is 38.1 Å². The number of carbonyl (C=O) groups excluding carboxylic acids is 2. The van der Waals surface area contributed by atoms with Gasteiger partial charge in [-0.05, 0) is 25.0 Å². The molecule has 1 aromatic rings. The van der Waals surface area contributed by atoms with Gasteiger partial charge in [-0.1, -0.05) is 23.7 Å². The second kappa shape index (κ2) is 7.68. The van der Waals surface area contributed by atoms with E-state index in [2.05, 4.69) is 0 Å². The molecule has 0 bridgehead atoms. The van der Waals surface area contributed by atoms with Gasteiger partial charge in [0.2, 0.25) is 11.8 Å². The lowest BCUT2D eigenvalue weighted by Crippen LogP contribution is -2.38. The van der Waals surface area contributed by atoms with E-state index < -0.39 is 0 Å². The van der Waals surface area contributed by atoms with E-state index >= 15 is 0 Å². The molecule has 3 fully saturated rings. The summed E-state index contributed by atoms with van der Waals surface area (Å²) in [5, 5.41) is 0.553. The highest BCUT2D eigenvalue weighted by molar-refractivity contribution is 6.32. The first-order chi connectivity index (χ1) is 13.1. The Balaban J connectivity index is 1.27. The van der Waals surface area contributed by atoms with Crippen molar-refractivity contribution in [3.8, 4) is 5.75 Å². The van der Waals surface area contributed by atoms with E-state index in [0.29, 0.717) is 36.9 Å². The van der Waals surface area contributed by atoms with Crippen LogP contribution in [0.4, 0.5) is 0 Å². The van der Waals surface area contributed by atoms with E-state index in [1.54, 1.807) is 17.0 Å². The predicted octanol–water partition coefficient (Wildman–Crippen LogP) is 2.21. The number of halogens is 1. The van der Waals surface area contributed by atoms with Gasteiger partial charge in [-0.2, -0.15) is 0 Å². The molecule has 4 rings (SSSR count). The standard InChI is InChI=1S/C20H25ClN2O4/c21-16-3-1-2-4-17(16)27-10-8-22-12-15(11-18(22)24)19(25)23-7-5-20(13-23)6-9-26-14-20/h1-4,15H,5-14H2. The lowest BCUT2D eigenvalue weighted by Gasteiger charge is -2.24. The summed E-state index contributed by atoms with van der Waals surface area (Å²) >= 11 is 6.07. The van der Waals surface area contributed by atoms with Crippen molar-refractivity contribution in [2.24, 2.45) is 11.3 Å². The first-order valence-electron chi connectivity index (χ1n) is 9.58. The fraction of sp³-hybridized carbons (Fsp3) is 0.600. The Morgan fingerprint density at radius 1 is 1.33 bits per heavy atom. The van der Waals surface area contributed by atoms with E-state index in [1.165, 1.54) is 0 Å². The molecule has 2 unspecified atom stereocenters. The van der Waals surface area contributed by atoms with Crippen LogP contribution < -0.4 is 4.74 Å². The minimum atomic E-state index is -0.240. The van der Waals surface area contributed by atoms with Crippen molar-refractivity contribution in [3.63, 3.8) is 0 Å². The molecule has 0 N–H and O–H groups in total. The minimum Gasteiger partial charge on any atom is -0.490 e. The van der Waals surface area contributed by atoms with Crippen LogP contribution in [0.25, 0.3) is 0 Å². The lowest BCUT2D eigenvalue weighted by molar-refractivity contribution is -0.135. The first-order valence-corrected chi connectivity index (χ1v) is 9.96. The molecule has 2 amide bonds. The van der Waals surface area contributed by atoms with E-state index in [1.807, 2.05) is 17.0 Å². The molecule has 27 heavy (non-hydrogen) atoms. The second-order valence-corrected chi connectivity index (χ2v) is 8.24. The van der Waals surface area contributed by atoms with Gasteiger partial charge in [-0.15, -0.1) is 0 Å². The Kier molecular flexibility index (Phi) is 5.28. The summed E-state index contributed by atoms with van der Waals surface area (Å²) in [6, 6.07) is 7.27. The number of benzene rings is 1. The fourth-order valence-corrected chi connectivity index (χ4v) is 4.52. The molecular formula is C20H25ClN2O4. The van der Waals surface area contributed by atoms with Crippen LogP contribution in [0.3, 0.4) is 0 Å². The number of ether oxygens (including phenoxy) is 2. The SMILES string of the molecule is O=C1CC(C(=O)N2CCC3(CCOC3)C2)CN1CCOc1ccccc1Cl. The number of hydrogen-bond acceptors (Lipinski definition) is 4. The average molecular weight is 393 g/mol. The van der Waals surface area contributed by atoms with Crippen LogP contribution in [0.15, 0.2) is 24.3 Å². The van der Waals surface area contributed by atoms with Crippen molar-refractivity contribution >= 4 is 23.4 Å². The molecular weight excluding hydrogens is 368 g/mol. The van der Waals surface area contributed by atoms with Gasteiger partial charge in [-0.25, -0.2) is 0 Å². The van der Waals surface area contributed by atoms with Crippen LogP contribution in [0.1, 0.15) is 19.3 Å². The topological polar surface area (TPSA) is 59.1 Å². The van der Waals surface area contributed by atoms with Crippen LogP contribution in [0.5, 0.6) is 5.75 Å². The average Bonchev–Trinajstić information content (AvgIpc) is 3.39. The van der Waals surface area contributed by atoms with Gasteiger partial charge in [0.25, 0.3) is 0 Å². The third-order valence-electron chi connectivity index (χ3n) is 5.95. The zero-order valence-corrected chi connectivity index (χ0v) is 16.1. The van der Waals surface area contributed by atoms with E-state index in [0.717, 1.165) is 39.1 Å². The summed E-state index contributed by atoms with van der Waals surface area (Å²) in [6.07, 6.45) is 2.34. The predicted molar refractivity (Wildman–Crippen MR) is 101 cm³/mol. The largest absolute Gasteiger partial charge is 0.490 e. The van der Waals surface area contributed by atoms with E-state index in [9.17, 15) is 9.59 Å². The third kappa shape index (κ3) is 3.92. The number of nitrogens with zero attached hydrogens (tertiary/aromatic N) is 2. The van der Waals surface area contributed by atoms with Gasteiger partial charge in [0.15, 0.2) is 0 Å². The quantitative estimate of drug-likeness (QED) is 0.770. The van der Waals surface area contributed by atoms with E-state index in [4.69, 9.17) is 21.1 Å². The Morgan fingerprint density at radius 2 is 2.19 bits per heavy atom. The molecule has 1 spiro atoms. The molecule has 3 aliphatic heterocycles. The maximum Gasteiger partial charge on any atom is 0.228 e. The molecule has 6 nitrogen and oxygen atoms in total. The minimum absolute atomic E-state index is 0.0224. The summed E-state index contributed by atoms with van der Waals surface area (Å²) in [4.78, 5) is 28.9. The summed E-state index contributed by atoms with van der Waals surface area (Å²) < 4.78 is 11.2. The first kappa shape index (κ1) is 18.6. The van der Waals surface area contributed by atoms with Gasteiger partial charge >= 0.3 is 0 Å². The summed E-state index contributed by atoms with van der Waals surface area (Å²) in [7, 11) is 0. The van der Waals surface area contributed by atoms with Crippen molar-refractivity contribution in [1.29, 1.82) is 0 Å². The maximum absolute atomic E-state index is 12.9. The van der Waals surface area contributed by atoms with Crippen molar-refractivity contribution in [2.45, 2.75) is 19.3 Å². The summed E-state index contributed by atoms with van der Waals surface area (Å²) in [5.74, 6) is 0.505. The number of likely N-dealkylation sites (tertiary alicyclic amines) is 2. The Hall–Kier alpha value is -1.79. The van der Waals surface area contributed by atoms with Crippen molar-refractivity contribution < 1.29 is 19.1 Å². The number of amides is 2. The molecule has 2 atom stereocenters. The van der Waals surface area contributed by atoms with Crippen LogP contribution in [-0.4, -0.2) is 67.6 Å². The van der Waals surface area contributed by atoms with Crippen molar-refractivity contribution in [3.05, 3.63) is 29.3 Å². The number of carbonyl (C=O) groups is 2. The molecule has 3 heterocycles. The van der Waals surface area contributed by atoms with Crippen LogP contribution in [-0.2, 0) is 14.3 Å². The Morgan fingerprint density at radius 3 is 2.96 bits per heavy atom. The zero-order valence-electron chi connectivity index (χ0n) is 15.4. The van der Waals surface area contributed by atoms with Gasteiger partial charge in [0.1, 0.15) is 12.4 Å². The van der Waals surface area contributed by atoms with Gasteiger partial charge in [0.05, 0.1) is 24.1 Å². The molecule has 146 valence electrons. The highest BCUT2D eigenvalue weighted by atomic mass is 35.5. The van der Waals surface area contributed by atoms with Crippen LogP contribution in [0, 0.1) is 11.3 Å². The second-order valence-electron chi connectivity index (χ2n) is 7.83. The summed E-state index contributed by atoms with van der Waals surface area (Å²) in [6.45, 7) is 4.40. The number of para-hydroxylation sites is 1. The highest BCUT2D eigenvalue weighted by Crippen LogP contribution is 2.39. The summed E-state index contributed by atoms with van der Waals surface area (Å²) in [5.41, 5.74) is 0.154. The van der Waals surface area contributed by atoms with Crippen molar-refractivity contribution in [1.82, 2.24) is 9.80 Å². The molecule has 3 aliphatic rings. The zero-order chi connectivity index (χ0) is 18.9. The molecule has 0 aliphatic carbocycles. The maximum atomic E-state index is 12.9. The van der Waals surface area contributed by atoms with Gasteiger partial charge < -0.3 is 19.3 Å². The molecule has 0 radical (unpaired) electrons. The number of hydrogen-bond donors (Lipinski definition) is 0. The van der Waals surface area contributed by atoms with Crippen molar-refractivity contribution in [2.75, 3.05) is 46.0 Å². The normalized spacial score (nSPS) is 27.7. The monoisotopic (exact) mass is 392 g/mol. The van der Waals surface area contributed by atoms with Crippen LogP contribution >= 0.6 is 11.6 Å². The highest BCUT2D eigenvalue weighted by Gasteiger charge is 2.45. The fourth-order valence-electron chi connectivity index (χ4n) is 4.33. The molecule has 3 saturated heterocycles. The Labute approximate surface area is 164 Å². The van der Waals surface area contributed by atoms with Crippen LogP contribution in [0.2, 0.25) is 5.02 Å². The number of rotatable bonds is 5. The molecule has 1 aromatic carbocycles. The lowest BCUT2D eigenvalue weighted by atomic mass is 9.87. The molecule has 7 heteroatoms. The third-order valence-corrected chi connectivity index (χ3v) is 6.27. The molecule has 0 saturated carbocycles. The van der Waals surface area contributed by atoms with E-state index in [-0.39, 0.29) is 23.1 Å².